The number of carbonyl (C=O) groups excluding carboxylic acids is 1. The molecule has 2 aliphatic rings. The van der Waals surface area contributed by atoms with E-state index in [1.807, 2.05) is 48.5 Å². The summed E-state index contributed by atoms with van der Waals surface area (Å²) in [7, 11) is 0. The van der Waals surface area contributed by atoms with Crippen molar-refractivity contribution in [2.45, 2.75) is 24.8 Å². The third kappa shape index (κ3) is 2.34. The number of allylic oxidation sites excluding steroid dienone is 2. The Morgan fingerprint density at radius 2 is 1.62 bits per heavy atom. The van der Waals surface area contributed by atoms with Crippen LogP contribution in [0.4, 0.5) is 5.95 Å². The molecule has 2 aromatic carbocycles. The fourth-order valence-electron chi connectivity index (χ4n) is 3.98. The number of tetrazole rings is 1. The summed E-state index contributed by atoms with van der Waals surface area (Å²) in [6.07, 6.45) is 1.28. The molecule has 6 heteroatoms. The Kier molecular flexibility index (Phi) is 3.41. The first-order chi connectivity index (χ1) is 12.8. The van der Waals surface area contributed by atoms with E-state index in [1.165, 1.54) is 5.56 Å². The van der Waals surface area contributed by atoms with Gasteiger partial charge in [0.25, 0.3) is 0 Å². The number of nitrogens with one attached hydrogen (secondary N) is 1. The monoisotopic (exact) mass is 343 g/mol. The highest BCUT2D eigenvalue weighted by Gasteiger charge is 2.39. The first-order valence-electron chi connectivity index (χ1n) is 8.72. The minimum Gasteiger partial charge on any atom is -0.326 e. The Balaban J connectivity index is 1.61. The van der Waals surface area contributed by atoms with Gasteiger partial charge < -0.3 is 5.32 Å². The maximum Gasteiger partial charge on any atom is 0.248 e. The number of carbonyl (C=O) groups is 1. The average molecular weight is 343 g/mol. The quantitative estimate of drug-likeness (QED) is 0.774. The number of rotatable bonds is 2. The van der Waals surface area contributed by atoms with Crippen molar-refractivity contribution in [1.29, 1.82) is 0 Å². The molecular weight excluding hydrogens is 326 g/mol. The van der Waals surface area contributed by atoms with Crippen LogP contribution in [0, 0.1) is 0 Å². The van der Waals surface area contributed by atoms with Crippen molar-refractivity contribution >= 4 is 11.7 Å². The summed E-state index contributed by atoms with van der Waals surface area (Å²) in [6, 6.07) is 19.9. The summed E-state index contributed by atoms with van der Waals surface area (Å²) in [5, 5.41) is 15.3. The number of nitrogens with zero attached hydrogens (tertiary/aromatic N) is 4. The van der Waals surface area contributed by atoms with Gasteiger partial charge >= 0.3 is 0 Å². The number of benzene rings is 2. The number of anilines is 1. The lowest BCUT2D eigenvalue weighted by atomic mass is 9.78. The molecule has 0 bridgehead atoms. The van der Waals surface area contributed by atoms with E-state index in [4.69, 9.17) is 0 Å². The zero-order valence-corrected chi connectivity index (χ0v) is 14.0. The van der Waals surface area contributed by atoms with Gasteiger partial charge in [-0.15, -0.1) is 0 Å². The summed E-state index contributed by atoms with van der Waals surface area (Å²) >= 11 is 0. The molecule has 5 rings (SSSR count). The standard InChI is InChI=1S/C20H17N5O/c26-17-12-15(13-7-3-1-4-8-13)11-16-18(17)19(14-9-5-2-6-10-14)25-20(21-16)22-23-24-25/h1-10,15,19H,11-12H2,(H,21,22,24)/t15-,19+/m0/s1. The lowest BCUT2D eigenvalue weighted by Crippen LogP contribution is -2.33. The first-order valence-corrected chi connectivity index (χ1v) is 8.72. The van der Waals surface area contributed by atoms with Crippen LogP contribution in [-0.2, 0) is 4.79 Å². The van der Waals surface area contributed by atoms with Crippen molar-refractivity contribution in [2.75, 3.05) is 5.32 Å². The summed E-state index contributed by atoms with van der Waals surface area (Å²) in [6.45, 7) is 0. The predicted octanol–water partition coefficient (Wildman–Crippen LogP) is 3.09. The molecule has 2 heterocycles. The fourth-order valence-corrected chi connectivity index (χ4v) is 3.98. The van der Waals surface area contributed by atoms with Gasteiger partial charge in [0.1, 0.15) is 6.04 Å². The normalized spacial score (nSPS) is 21.8. The lowest BCUT2D eigenvalue weighted by Gasteiger charge is -2.34. The van der Waals surface area contributed by atoms with E-state index in [0.717, 1.165) is 23.3 Å². The Bertz CT molecular complexity index is 993. The molecule has 3 aromatic rings. The van der Waals surface area contributed by atoms with Crippen LogP contribution in [0.3, 0.4) is 0 Å². The summed E-state index contributed by atoms with van der Waals surface area (Å²) in [5.74, 6) is 0.913. The van der Waals surface area contributed by atoms with Gasteiger partial charge in [0.15, 0.2) is 5.78 Å². The van der Waals surface area contributed by atoms with E-state index in [0.29, 0.717) is 12.4 Å². The van der Waals surface area contributed by atoms with E-state index in [9.17, 15) is 4.79 Å². The third-order valence-corrected chi connectivity index (χ3v) is 5.17. The van der Waals surface area contributed by atoms with Gasteiger partial charge in [-0.3, -0.25) is 4.79 Å². The van der Waals surface area contributed by atoms with Crippen LogP contribution in [0.1, 0.15) is 35.9 Å². The van der Waals surface area contributed by atoms with Gasteiger partial charge in [-0.1, -0.05) is 65.8 Å². The molecular formula is C20H17N5O. The smallest absolute Gasteiger partial charge is 0.248 e. The molecule has 26 heavy (non-hydrogen) atoms. The molecule has 0 unspecified atom stereocenters. The minimum atomic E-state index is -0.276. The Labute approximate surface area is 150 Å². The molecule has 6 nitrogen and oxygen atoms in total. The van der Waals surface area contributed by atoms with Crippen LogP contribution < -0.4 is 5.32 Å². The second-order valence-electron chi connectivity index (χ2n) is 6.72. The summed E-state index contributed by atoms with van der Waals surface area (Å²) < 4.78 is 1.70. The molecule has 0 fully saturated rings. The van der Waals surface area contributed by atoms with Gasteiger partial charge in [0.2, 0.25) is 5.95 Å². The first kappa shape index (κ1) is 15.0. The molecule has 2 atom stereocenters. The van der Waals surface area contributed by atoms with Gasteiger partial charge in [-0.05, 0) is 33.9 Å². The van der Waals surface area contributed by atoms with Gasteiger partial charge in [-0.25, -0.2) is 0 Å². The molecule has 1 aromatic heterocycles. The van der Waals surface area contributed by atoms with Crippen LogP contribution in [0.25, 0.3) is 0 Å². The largest absolute Gasteiger partial charge is 0.326 e. The van der Waals surface area contributed by atoms with E-state index in [1.54, 1.807) is 4.68 Å². The van der Waals surface area contributed by atoms with Crippen molar-refractivity contribution in [2.24, 2.45) is 0 Å². The topological polar surface area (TPSA) is 72.7 Å². The number of fused-ring (bicyclic) bond motifs is 1. The maximum absolute atomic E-state index is 13.1. The van der Waals surface area contributed by atoms with Crippen molar-refractivity contribution in [1.82, 2.24) is 20.2 Å². The van der Waals surface area contributed by atoms with Crippen LogP contribution >= 0.6 is 0 Å². The van der Waals surface area contributed by atoms with Crippen molar-refractivity contribution in [3.05, 3.63) is 83.1 Å². The van der Waals surface area contributed by atoms with Crippen molar-refractivity contribution < 1.29 is 4.79 Å². The summed E-state index contributed by atoms with van der Waals surface area (Å²) in [4.78, 5) is 13.1. The number of ketones is 1. The minimum absolute atomic E-state index is 0.155. The van der Waals surface area contributed by atoms with Gasteiger partial charge in [0, 0.05) is 17.7 Å². The Morgan fingerprint density at radius 1 is 0.923 bits per heavy atom. The van der Waals surface area contributed by atoms with Crippen molar-refractivity contribution in [3.8, 4) is 0 Å². The summed E-state index contributed by atoms with van der Waals surface area (Å²) in [5.41, 5.74) is 3.92. The maximum atomic E-state index is 13.1. The van der Waals surface area contributed by atoms with E-state index in [-0.39, 0.29) is 17.7 Å². The SMILES string of the molecule is O=C1C[C@@H](c2ccccc2)CC2=C1[C@@H](c1ccccc1)n1nnnc1N2. The average Bonchev–Trinajstić information content (AvgIpc) is 3.15. The molecule has 1 N–H and O–H groups in total. The molecule has 1 aliphatic heterocycles. The van der Waals surface area contributed by atoms with Gasteiger partial charge in [-0.2, -0.15) is 4.68 Å². The predicted molar refractivity (Wildman–Crippen MR) is 96.5 cm³/mol. The number of Topliss-reactive ketones (excluding diaryl/α,β-unsaturated/α-hetero) is 1. The Morgan fingerprint density at radius 3 is 2.35 bits per heavy atom. The molecule has 0 saturated heterocycles. The Hall–Kier alpha value is -3.28. The number of hydrogen-bond acceptors (Lipinski definition) is 5. The molecule has 0 saturated carbocycles. The third-order valence-electron chi connectivity index (χ3n) is 5.17. The highest BCUT2D eigenvalue weighted by Crippen LogP contribution is 2.43. The van der Waals surface area contributed by atoms with Crippen molar-refractivity contribution in [3.63, 3.8) is 0 Å². The zero-order valence-electron chi connectivity index (χ0n) is 14.0. The molecule has 1 aliphatic carbocycles. The van der Waals surface area contributed by atoms with Gasteiger partial charge in [0.05, 0.1) is 0 Å². The molecule has 128 valence electrons. The number of aromatic nitrogens is 4. The van der Waals surface area contributed by atoms with E-state index in [2.05, 4.69) is 33.0 Å². The second kappa shape index (κ2) is 5.91. The zero-order chi connectivity index (χ0) is 17.5. The van der Waals surface area contributed by atoms with Crippen LogP contribution in [0.15, 0.2) is 71.9 Å². The van der Waals surface area contributed by atoms with Crippen LogP contribution in [0.5, 0.6) is 0 Å². The molecule has 0 spiro atoms. The molecule has 0 amide bonds. The highest BCUT2D eigenvalue weighted by atomic mass is 16.1. The molecule has 0 radical (unpaired) electrons. The highest BCUT2D eigenvalue weighted by molar-refractivity contribution is 6.00. The van der Waals surface area contributed by atoms with E-state index < -0.39 is 0 Å². The van der Waals surface area contributed by atoms with E-state index >= 15 is 0 Å². The van der Waals surface area contributed by atoms with Crippen LogP contribution in [-0.4, -0.2) is 26.0 Å². The fraction of sp³-hybridized carbons (Fsp3) is 0.200. The van der Waals surface area contributed by atoms with Crippen LogP contribution in [0.2, 0.25) is 0 Å². The second-order valence-corrected chi connectivity index (χ2v) is 6.72. The lowest BCUT2D eigenvalue weighted by molar-refractivity contribution is -0.116. The number of hydrogen-bond donors (Lipinski definition) is 1.